The molecular formula is C15H21N4+. The number of aromatic amines is 2. The molecule has 100 valence electrons. The van der Waals surface area contributed by atoms with Crippen molar-refractivity contribution in [3.63, 3.8) is 0 Å². The Morgan fingerprint density at radius 2 is 1.42 bits per heavy atom. The normalized spacial score (nSPS) is 12.5. The molecule has 3 aromatic rings. The molecule has 0 unspecified atom stereocenters. The average molecular weight is 257 g/mol. The van der Waals surface area contributed by atoms with Gasteiger partial charge in [-0.2, -0.15) is 0 Å². The van der Waals surface area contributed by atoms with E-state index in [2.05, 4.69) is 60.3 Å². The molecule has 0 amide bonds. The molecule has 4 heteroatoms. The highest BCUT2D eigenvalue weighted by molar-refractivity contribution is 5.98. The van der Waals surface area contributed by atoms with E-state index in [4.69, 9.17) is 0 Å². The van der Waals surface area contributed by atoms with E-state index in [0.29, 0.717) is 0 Å². The fourth-order valence-corrected chi connectivity index (χ4v) is 2.33. The summed E-state index contributed by atoms with van der Waals surface area (Å²) in [6.45, 7) is 0. The van der Waals surface area contributed by atoms with Gasteiger partial charge >= 0.3 is 0 Å². The summed E-state index contributed by atoms with van der Waals surface area (Å²) in [5.74, 6) is 2.35. The lowest BCUT2D eigenvalue weighted by Gasteiger charge is -2.20. The Labute approximate surface area is 113 Å². The second kappa shape index (κ2) is 3.78. The summed E-state index contributed by atoms with van der Waals surface area (Å²) in [6.07, 6.45) is 0. The lowest BCUT2D eigenvalue weighted by atomic mass is 10.2. The monoisotopic (exact) mass is 257 g/mol. The largest absolute Gasteiger partial charge is 0.364 e. The molecule has 2 aromatic heterocycles. The molecule has 0 aliphatic heterocycles. The van der Waals surface area contributed by atoms with E-state index < -0.39 is 0 Å². The lowest BCUT2D eigenvalue weighted by Crippen LogP contribution is -2.34. The molecule has 0 aliphatic rings. The Hall–Kier alpha value is -1.94. The van der Waals surface area contributed by atoms with E-state index in [1.165, 1.54) is 27.6 Å². The molecule has 0 aliphatic carbocycles. The minimum atomic E-state index is 0.797. The number of aromatic nitrogens is 2. The van der Waals surface area contributed by atoms with Crippen LogP contribution in [0.2, 0.25) is 0 Å². The predicted octanol–water partition coefficient (Wildman–Crippen LogP) is 2.91. The summed E-state index contributed by atoms with van der Waals surface area (Å²) < 4.78 is 0.797. The zero-order valence-corrected chi connectivity index (χ0v) is 12.2. The van der Waals surface area contributed by atoms with Crippen LogP contribution in [-0.2, 0) is 0 Å². The molecule has 0 atom stereocenters. The van der Waals surface area contributed by atoms with Gasteiger partial charge in [0.25, 0.3) is 0 Å². The van der Waals surface area contributed by atoms with Crippen molar-refractivity contribution >= 4 is 33.4 Å². The van der Waals surface area contributed by atoms with Gasteiger partial charge in [0.05, 0.1) is 26.7 Å². The van der Waals surface area contributed by atoms with Crippen LogP contribution in [0.15, 0.2) is 24.3 Å². The molecule has 4 nitrogen and oxygen atoms in total. The van der Waals surface area contributed by atoms with Gasteiger partial charge in [-0.3, -0.25) is 4.48 Å². The molecule has 2 N–H and O–H groups in total. The minimum Gasteiger partial charge on any atom is -0.364 e. The van der Waals surface area contributed by atoms with Crippen molar-refractivity contribution in [3.05, 3.63) is 24.3 Å². The number of rotatable bonds is 2. The topological polar surface area (TPSA) is 34.8 Å². The van der Waals surface area contributed by atoms with Gasteiger partial charge in [-0.1, -0.05) is 0 Å². The summed E-state index contributed by atoms with van der Waals surface area (Å²) >= 11 is 0. The van der Waals surface area contributed by atoms with Crippen LogP contribution in [-0.4, -0.2) is 45.2 Å². The van der Waals surface area contributed by atoms with Gasteiger partial charge < -0.3 is 14.9 Å². The number of benzene rings is 1. The smallest absolute Gasteiger partial charge is 0.205 e. The quantitative estimate of drug-likeness (QED) is 0.680. The van der Waals surface area contributed by atoms with Crippen molar-refractivity contribution in [1.29, 1.82) is 0 Å². The third-order valence-corrected chi connectivity index (χ3v) is 3.54. The SMILES string of the molecule is CN(C)c1cc2cc3[nH]c([N+](C)(C)C)cc3cc2[nH]1. The summed E-state index contributed by atoms with van der Waals surface area (Å²) in [4.78, 5) is 9.04. The van der Waals surface area contributed by atoms with Gasteiger partial charge in [0.1, 0.15) is 5.82 Å². The van der Waals surface area contributed by atoms with E-state index >= 15 is 0 Å². The highest BCUT2D eigenvalue weighted by Gasteiger charge is 2.16. The van der Waals surface area contributed by atoms with Crippen molar-refractivity contribution in [2.75, 3.05) is 40.1 Å². The van der Waals surface area contributed by atoms with E-state index in [0.717, 1.165) is 10.3 Å². The van der Waals surface area contributed by atoms with E-state index in [-0.39, 0.29) is 0 Å². The molecular weight excluding hydrogens is 236 g/mol. The highest BCUT2D eigenvalue weighted by atomic mass is 15.3. The van der Waals surface area contributed by atoms with Crippen molar-refractivity contribution in [2.45, 2.75) is 0 Å². The maximum Gasteiger partial charge on any atom is 0.205 e. The van der Waals surface area contributed by atoms with Gasteiger partial charge in [-0.15, -0.1) is 0 Å². The fraction of sp³-hybridized carbons (Fsp3) is 0.333. The van der Waals surface area contributed by atoms with Crippen LogP contribution in [0.5, 0.6) is 0 Å². The van der Waals surface area contributed by atoms with Crippen LogP contribution in [0.4, 0.5) is 11.6 Å². The first-order chi connectivity index (χ1) is 8.84. The van der Waals surface area contributed by atoms with Gasteiger partial charge in [0.15, 0.2) is 0 Å². The Balaban J connectivity index is 2.21. The number of hydrogen-bond acceptors (Lipinski definition) is 1. The van der Waals surface area contributed by atoms with Gasteiger partial charge in [0, 0.05) is 36.5 Å². The second-order valence-corrected chi connectivity index (χ2v) is 6.24. The summed E-state index contributed by atoms with van der Waals surface area (Å²) in [5, 5.41) is 2.49. The zero-order valence-electron chi connectivity index (χ0n) is 12.2. The summed E-state index contributed by atoms with van der Waals surface area (Å²) in [6, 6.07) is 8.84. The Kier molecular flexibility index (Phi) is 2.41. The minimum absolute atomic E-state index is 0.797. The predicted molar refractivity (Wildman–Crippen MR) is 84.0 cm³/mol. The highest BCUT2D eigenvalue weighted by Crippen LogP contribution is 2.29. The van der Waals surface area contributed by atoms with Gasteiger partial charge in [-0.05, 0) is 18.2 Å². The number of nitrogens with one attached hydrogen (secondary N) is 2. The van der Waals surface area contributed by atoms with E-state index in [1.54, 1.807) is 0 Å². The molecule has 0 saturated heterocycles. The lowest BCUT2D eigenvalue weighted by molar-refractivity contribution is 0.476. The molecule has 0 spiro atoms. The standard InChI is InChI=1S/C15H21N4/c1-18(2)14-8-10-6-13-11(7-12(10)16-14)9-15(17-13)19(3,4)5/h6-9,16-17H,1-5H3/q+1. The second-order valence-electron chi connectivity index (χ2n) is 6.24. The molecule has 0 radical (unpaired) electrons. The van der Waals surface area contributed by atoms with Crippen LogP contribution in [0.1, 0.15) is 0 Å². The Morgan fingerprint density at radius 1 is 0.842 bits per heavy atom. The molecule has 3 rings (SSSR count). The fourth-order valence-electron chi connectivity index (χ4n) is 2.33. The summed E-state index contributed by atoms with van der Waals surface area (Å²) in [5.41, 5.74) is 2.38. The van der Waals surface area contributed by atoms with Crippen LogP contribution in [0.3, 0.4) is 0 Å². The number of anilines is 1. The Bertz CT molecular complexity index is 690. The number of hydrogen-bond donors (Lipinski definition) is 2. The molecule has 19 heavy (non-hydrogen) atoms. The first kappa shape index (κ1) is 12.1. The van der Waals surface area contributed by atoms with E-state index in [1.807, 2.05) is 14.1 Å². The van der Waals surface area contributed by atoms with Crippen molar-refractivity contribution in [2.24, 2.45) is 0 Å². The molecule has 1 aromatic carbocycles. The van der Waals surface area contributed by atoms with Crippen molar-refractivity contribution < 1.29 is 0 Å². The zero-order chi connectivity index (χ0) is 13.8. The molecule has 0 fully saturated rings. The van der Waals surface area contributed by atoms with Crippen molar-refractivity contribution in [3.8, 4) is 0 Å². The molecule has 0 saturated carbocycles. The van der Waals surface area contributed by atoms with Gasteiger partial charge in [-0.25, -0.2) is 0 Å². The third-order valence-electron chi connectivity index (χ3n) is 3.54. The van der Waals surface area contributed by atoms with E-state index in [9.17, 15) is 0 Å². The van der Waals surface area contributed by atoms with Crippen LogP contribution >= 0.6 is 0 Å². The van der Waals surface area contributed by atoms with Gasteiger partial charge in [0.2, 0.25) is 5.82 Å². The third kappa shape index (κ3) is 1.98. The number of quaternary nitrogens is 1. The number of fused-ring (bicyclic) bond motifs is 2. The maximum atomic E-state index is 3.51. The maximum absolute atomic E-state index is 3.51. The summed E-state index contributed by atoms with van der Waals surface area (Å²) in [7, 11) is 10.6. The van der Waals surface area contributed by atoms with Crippen molar-refractivity contribution in [1.82, 2.24) is 14.5 Å². The first-order valence-corrected chi connectivity index (χ1v) is 6.49. The van der Waals surface area contributed by atoms with Crippen LogP contribution in [0.25, 0.3) is 21.8 Å². The molecule has 2 heterocycles. The van der Waals surface area contributed by atoms with Crippen LogP contribution in [0, 0.1) is 0 Å². The molecule has 0 bridgehead atoms. The Morgan fingerprint density at radius 3 is 2.00 bits per heavy atom. The average Bonchev–Trinajstić information content (AvgIpc) is 2.86. The number of nitrogens with zero attached hydrogens (tertiary/aromatic N) is 2. The number of H-pyrrole nitrogens is 2. The van der Waals surface area contributed by atoms with Crippen LogP contribution < -0.4 is 9.38 Å². The first-order valence-electron chi connectivity index (χ1n) is 6.49.